The molecule has 0 heterocycles. The standard InChI is InChI=1S/C18H14Br4O6/c19-11-3-9(17(25)13(21)5-11)7-27-15(23)1-2-16(24)28-8-10-4-12(20)6-14(22)18(10)26/h3-6,25-26H,1-2,7-8H2. The summed E-state index contributed by atoms with van der Waals surface area (Å²) < 4.78 is 12.5. The summed E-state index contributed by atoms with van der Waals surface area (Å²) in [7, 11) is 0. The molecule has 0 saturated carbocycles. The molecule has 0 aliphatic carbocycles. The van der Waals surface area contributed by atoms with Gasteiger partial charge in [-0.25, -0.2) is 0 Å². The fourth-order valence-corrected chi connectivity index (χ4v) is 4.75. The van der Waals surface area contributed by atoms with Gasteiger partial charge in [-0.05, 0) is 56.1 Å². The number of carbonyl (C=O) groups is 2. The van der Waals surface area contributed by atoms with E-state index in [0.29, 0.717) is 29.0 Å². The molecule has 0 aliphatic heterocycles. The minimum atomic E-state index is -0.597. The van der Waals surface area contributed by atoms with Gasteiger partial charge in [0, 0.05) is 20.1 Å². The first kappa shape index (κ1) is 23.2. The highest BCUT2D eigenvalue weighted by Crippen LogP contribution is 2.33. The van der Waals surface area contributed by atoms with Gasteiger partial charge in [0.1, 0.15) is 24.7 Å². The lowest BCUT2D eigenvalue weighted by Gasteiger charge is -2.10. The van der Waals surface area contributed by atoms with Crippen molar-refractivity contribution in [2.45, 2.75) is 26.1 Å². The summed E-state index contributed by atoms with van der Waals surface area (Å²) in [6.07, 6.45) is -0.328. The van der Waals surface area contributed by atoms with Gasteiger partial charge in [0.25, 0.3) is 0 Å². The maximum atomic E-state index is 11.8. The smallest absolute Gasteiger partial charge is 0.306 e. The molecule has 2 aromatic rings. The molecule has 0 radical (unpaired) electrons. The van der Waals surface area contributed by atoms with Gasteiger partial charge in [-0.1, -0.05) is 31.9 Å². The van der Waals surface area contributed by atoms with Gasteiger partial charge in [-0.2, -0.15) is 0 Å². The number of phenolic OH excluding ortho intramolecular Hbond substituents is 2. The van der Waals surface area contributed by atoms with E-state index in [-0.39, 0.29) is 37.6 Å². The van der Waals surface area contributed by atoms with Crippen LogP contribution in [0.2, 0.25) is 0 Å². The monoisotopic (exact) mass is 642 g/mol. The van der Waals surface area contributed by atoms with Crippen molar-refractivity contribution in [1.29, 1.82) is 0 Å². The van der Waals surface area contributed by atoms with E-state index >= 15 is 0 Å². The highest BCUT2D eigenvalue weighted by molar-refractivity contribution is 9.11. The van der Waals surface area contributed by atoms with E-state index in [0.717, 1.165) is 0 Å². The second-order valence-electron chi connectivity index (χ2n) is 5.61. The zero-order chi connectivity index (χ0) is 20.8. The van der Waals surface area contributed by atoms with E-state index in [1.165, 1.54) is 0 Å². The number of halogens is 4. The van der Waals surface area contributed by atoms with Gasteiger partial charge < -0.3 is 19.7 Å². The molecule has 0 bridgehead atoms. The maximum absolute atomic E-state index is 11.8. The predicted molar refractivity (Wildman–Crippen MR) is 116 cm³/mol. The number of rotatable bonds is 7. The van der Waals surface area contributed by atoms with Crippen LogP contribution in [-0.4, -0.2) is 22.2 Å². The number of ether oxygens (including phenoxy) is 2. The van der Waals surface area contributed by atoms with Gasteiger partial charge >= 0.3 is 11.9 Å². The van der Waals surface area contributed by atoms with Crippen molar-refractivity contribution in [2.24, 2.45) is 0 Å². The van der Waals surface area contributed by atoms with Crippen molar-refractivity contribution >= 4 is 75.7 Å². The molecule has 10 heteroatoms. The Morgan fingerprint density at radius 1 is 0.714 bits per heavy atom. The number of phenols is 2. The van der Waals surface area contributed by atoms with Crippen LogP contribution in [0.15, 0.2) is 42.2 Å². The van der Waals surface area contributed by atoms with Crippen molar-refractivity contribution in [3.05, 3.63) is 53.3 Å². The largest absolute Gasteiger partial charge is 0.506 e. The second-order valence-corrected chi connectivity index (χ2v) is 9.15. The average molecular weight is 646 g/mol. The molecule has 0 saturated heterocycles. The summed E-state index contributed by atoms with van der Waals surface area (Å²) >= 11 is 13.0. The van der Waals surface area contributed by atoms with Crippen molar-refractivity contribution < 1.29 is 29.3 Å². The van der Waals surface area contributed by atoms with Crippen molar-refractivity contribution in [3.63, 3.8) is 0 Å². The summed E-state index contributed by atoms with van der Waals surface area (Å²) in [5.41, 5.74) is 0.848. The molecule has 150 valence electrons. The van der Waals surface area contributed by atoms with Gasteiger partial charge in [0.2, 0.25) is 0 Å². The minimum absolute atomic E-state index is 0.0181. The van der Waals surface area contributed by atoms with Crippen molar-refractivity contribution in [3.8, 4) is 11.5 Å². The van der Waals surface area contributed by atoms with E-state index in [9.17, 15) is 19.8 Å². The van der Waals surface area contributed by atoms with Crippen LogP contribution >= 0.6 is 63.7 Å². The molecule has 0 fully saturated rings. The quantitative estimate of drug-likeness (QED) is 0.375. The Kier molecular flexibility index (Phi) is 8.79. The first-order chi connectivity index (χ1) is 13.2. The lowest BCUT2D eigenvalue weighted by Crippen LogP contribution is -2.10. The van der Waals surface area contributed by atoms with Crippen LogP contribution in [-0.2, 0) is 32.3 Å². The summed E-state index contributed by atoms with van der Waals surface area (Å²) in [5, 5.41) is 19.9. The second kappa shape index (κ2) is 10.6. The lowest BCUT2D eigenvalue weighted by atomic mass is 10.2. The summed E-state index contributed by atoms with van der Waals surface area (Å²) in [6, 6.07) is 6.59. The van der Waals surface area contributed by atoms with Gasteiger partial charge in [-0.3, -0.25) is 9.59 Å². The highest BCUT2D eigenvalue weighted by atomic mass is 79.9. The number of hydrogen-bond donors (Lipinski definition) is 2. The van der Waals surface area contributed by atoms with Gasteiger partial charge in [-0.15, -0.1) is 0 Å². The third kappa shape index (κ3) is 6.75. The van der Waals surface area contributed by atoms with Crippen LogP contribution in [0.5, 0.6) is 11.5 Å². The first-order valence-corrected chi connectivity index (χ1v) is 11.0. The molecule has 0 atom stereocenters. The Labute approximate surface area is 194 Å². The maximum Gasteiger partial charge on any atom is 0.306 e. The normalized spacial score (nSPS) is 10.6. The van der Waals surface area contributed by atoms with Crippen molar-refractivity contribution in [1.82, 2.24) is 0 Å². The third-order valence-corrected chi connectivity index (χ3v) is 5.65. The molecular formula is C18H14Br4O6. The van der Waals surface area contributed by atoms with Crippen LogP contribution in [0.3, 0.4) is 0 Å². The Morgan fingerprint density at radius 2 is 1.07 bits per heavy atom. The zero-order valence-corrected chi connectivity index (χ0v) is 20.5. The molecule has 0 aliphatic rings. The Morgan fingerprint density at radius 3 is 1.43 bits per heavy atom. The third-order valence-electron chi connectivity index (χ3n) is 3.52. The number of benzene rings is 2. The summed E-state index contributed by atoms with van der Waals surface area (Å²) in [4.78, 5) is 23.7. The van der Waals surface area contributed by atoms with Crippen LogP contribution < -0.4 is 0 Å². The number of carbonyl (C=O) groups excluding carboxylic acids is 2. The van der Waals surface area contributed by atoms with Crippen LogP contribution in [0.4, 0.5) is 0 Å². The molecule has 2 N–H and O–H groups in total. The molecule has 6 nitrogen and oxygen atoms in total. The number of esters is 2. The fourth-order valence-electron chi connectivity index (χ4n) is 2.12. The summed E-state index contributed by atoms with van der Waals surface area (Å²) in [6.45, 7) is -0.255. The molecule has 2 aromatic carbocycles. The number of aromatic hydroxyl groups is 2. The van der Waals surface area contributed by atoms with E-state index in [2.05, 4.69) is 63.7 Å². The average Bonchev–Trinajstić information content (AvgIpc) is 2.63. The van der Waals surface area contributed by atoms with Gasteiger partial charge in [0.05, 0.1) is 21.8 Å². The Bertz CT molecular complexity index is 827. The molecular weight excluding hydrogens is 632 g/mol. The first-order valence-electron chi connectivity index (χ1n) is 7.82. The van der Waals surface area contributed by atoms with Crippen molar-refractivity contribution in [2.75, 3.05) is 0 Å². The molecule has 0 amide bonds. The number of hydrogen-bond acceptors (Lipinski definition) is 6. The van der Waals surface area contributed by atoms with Crippen LogP contribution in [0.25, 0.3) is 0 Å². The highest BCUT2D eigenvalue weighted by Gasteiger charge is 2.14. The predicted octanol–water partition coefficient (Wildman–Crippen LogP) is 5.71. The van der Waals surface area contributed by atoms with E-state index in [4.69, 9.17) is 9.47 Å². The molecule has 2 rings (SSSR count). The minimum Gasteiger partial charge on any atom is -0.506 e. The van der Waals surface area contributed by atoms with Gasteiger partial charge in [0.15, 0.2) is 0 Å². The Balaban J connectivity index is 1.79. The van der Waals surface area contributed by atoms with Crippen LogP contribution in [0.1, 0.15) is 24.0 Å². The molecule has 0 aromatic heterocycles. The summed E-state index contributed by atoms with van der Waals surface area (Å²) in [5.74, 6) is -1.23. The van der Waals surface area contributed by atoms with E-state index in [1.807, 2.05) is 0 Å². The van der Waals surface area contributed by atoms with E-state index in [1.54, 1.807) is 24.3 Å². The molecule has 0 unspecified atom stereocenters. The van der Waals surface area contributed by atoms with Crippen LogP contribution in [0, 0.1) is 0 Å². The fraction of sp³-hybridized carbons (Fsp3) is 0.222. The Hall–Kier alpha value is -1.10. The SMILES string of the molecule is O=C(CCC(=O)OCc1cc(Br)cc(Br)c1O)OCc1cc(Br)cc(Br)c1O. The topological polar surface area (TPSA) is 93.1 Å². The zero-order valence-electron chi connectivity index (χ0n) is 14.2. The lowest BCUT2D eigenvalue weighted by molar-refractivity contribution is -0.151. The molecule has 28 heavy (non-hydrogen) atoms. The van der Waals surface area contributed by atoms with E-state index < -0.39 is 11.9 Å². The molecule has 0 spiro atoms.